The van der Waals surface area contributed by atoms with Gasteiger partial charge in [0.05, 0.1) is 0 Å². The summed E-state index contributed by atoms with van der Waals surface area (Å²) in [5.41, 5.74) is 0. The molecule has 0 bridgehead atoms. The minimum absolute atomic E-state index is 0. The molecule has 0 radical (unpaired) electrons. The van der Waals surface area contributed by atoms with E-state index in [0.29, 0.717) is 0 Å². The first-order valence-electron chi connectivity index (χ1n) is 0. The number of hydrogen-bond donors (Lipinski definition) is 0. The standard InChI is InChI=1S/Mg.3H2O.2H/h;3*1H2;;/q+2;;;;2*-1/p+1. The Hall–Kier alpha value is 0.646. The Kier molecular flexibility index (Phi) is 2260. The van der Waals surface area contributed by atoms with E-state index in [1.54, 1.807) is 0 Å². The van der Waals surface area contributed by atoms with Crippen molar-refractivity contribution in [2.24, 2.45) is 0 Å². The molecule has 4 heteroatoms. The molecule has 0 aliphatic heterocycles. The van der Waals surface area contributed by atoms with E-state index in [-0.39, 0.29) is 43.8 Å². The third-order valence-corrected chi connectivity index (χ3v) is 0. The van der Waals surface area contributed by atoms with Gasteiger partial charge in [-0.3, -0.25) is 0 Å². The van der Waals surface area contributed by atoms with Crippen molar-refractivity contribution in [2.75, 3.05) is 0 Å². The van der Waals surface area contributed by atoms with Crippen LogP contribution in [0.1, 0.15) is 4.28 Å². The molecule has 0 amide bonds. The maximum absolute atomic E-state index is 0. The van der Waals surface area contributed by atoms with Gasteiger partial charge in [0.1, 0.15) is 0 Å². The SMILES string of the molecule is O.O.O.[H+].[H-].[H-].[Mg+2]. The average Bonchev–Trinajstić information content (AvgIpc) is 0. The summed E-state index contributed by atoms with van der Waals surface area (Å²) < 4.78 is 0. The van der Waals surface area contributed by atoms with Gasteiger partial charge in [-0.2, -0.15) is 0 Å². The van der Waals surface area contributed by atoms with Crippen molar-refractivity contribution in [3.63, 3.8) is 0 Å². The Morgan fingerprint density at radius 1 is 1.00 bits per heavy atom. The van der Waals surface area contributed by atoms with E-state index in [0.717, 1.165) is 0 Å². The van der Waals surface area contributed by atoms with Crippen molar-refractivity contribution in [3.05, 3.63) is 0 Å². The summed E-state index contributed by atoms with van der Waals surface area (Å²) in [6.45, 7) is 0. The van der Waals surface area contributed by atoms with Gasteiger partial charge in [-0.05, 0) is 0 Å². The Bertz CT molecular complexity index is 10.1. The molecule has 28 valence electrons. The molecule has 0 heterocycles. The van der Waals surface area contributed by atoms with E-state index >= 15 is 0 Å². The summed E-state index contributed by atoms with van der Waals surface area (Å²) in [5, 5.41) is 0. The third-order valence-electron chi connectivity index (χ3n) is 0. The molecule has 0 aromatic rings. The van der Waals surface area contributed by atoms with Crippen molar-refractivity contribution in [3.8, 4) is 0 Å². The Balaban J connectivity index is 0. The van der Waals surface area contributed by atoms with E-state index < -0.39 is 0 Å². The molecule has 0 saturated heterocycles. The van der Waals surface area contributed by atoms with Gasteiger partial charge < -0.3 is 19.3 Å². The van der Waals surface area contributed by atoms with Crippen molar-refractivity contribution in [1.29, 1.82) is 0 Å². The van der Waals surface area contributed by atoms with Crippen LogP contribution in [0.25, 0.3) is 0 Å². The fraction of sp³-hybridized carbons (Fsp3) is 0. The number of rotatable bonds is 0. The van der Waals surface area contributed by atoms with Gasteiger partial charge in [0.15, 0.2) is 0 Å². The van der Waals surface area contributed by atoms with Crippen LogP contribution in [0.4, 0.5) is 0 Å². The topological polar surface area (TPSA) is 94.5 Å². The monoisotopic (exact) mass is 81.0 g/mol. The molecule has 0 atom stereocenters. The van der Waals surface area contributed by atoms with E-state index in [9.17, 15) is 0 Å². The predicted molar refractivity (Wildman–Crippen MR) is 19.9 cm³/mol. The summed E-state index contributed by atoms with van der Waals surface area (Å²) >= 11 is 0. The molecule has 0 rings (SSSR count). The summed E-state index contributed by atoms with van der Waals surface area (Å²) in [7, 11) is 0. The van der Waals surface area contributed by atoms with Crippen LogP contribution in [0.5, 0.6) is 0 Å². The van der Waals surface area contributed by atoms with Gasteiger partial charge in [-0.15, -0.1) is 0 Å². The largest absolute Gasteiger partial charge is 2.00 e. The van der Waals surface area contributed by atoms with Gasteiger partial charge >= 0.3 is 24.5 Å². The maximum atomic E-state index is 0. The molecular formula is H9MgO3+. The second kappa shape index (κ2) is 61.1. The van der Waals surface area contributed by atoms with Crippen LogP contribution in [0.3, 0.4) is 0 Å². The Morgan fingerprint density at radius 2 is 1.00 bits per heavy atom. The molecule has 0 saturated carbocycles. The molecule has 0 fully saturated rings. The molecule has 0 spiro atoms. The second-order valence-electron chi connectivity index (χ2n) is 0. The molecule has 0 aromatic heterocycles. The van der Waals surface area contributed by atoms with Crippen molar-refractivity contribution >= 4 is 23.1 Å². The van der Waals surface area contributed by atoms with Crippen LogP contribution in [0.15, 0.2) is 0 Å². The van der Waals surface area contributed by atoms with Gasteiger partial charge in [0, 0.05) is 0 Å². The number of hydrogen-bond acceptors (Lipinski definition) is 0. The van der Waals surface area contributed by atoms with Crippen molar-refractivity contribution in [2.45, 2.75) is 0 Å². The Morgan fingerprint density at radius 3 is 1.00 bits per heavy atom. The zero-order chi connectivity index (χ0) is 0. The van der Waals surface area contributed by atoms with E-state index in [1.807, 2.05) is 0 Å². The molecule has 0 unspecified atom stereocenters. The molecule has 0 aliphatic rings. The fourth-order valence-electron chi connectivity index (χ4n) is 0. The van der Waals surface area contributed by atoms with E-state index in [1.165, 1.54) is 0 Å². The normalized spacial score (nSPS) is 0. The van der Waals surface area contributed by atoms with Crippen molar-refractivity contribution in [1.82, 2.24) is 0 Å². The first-order valence-corrected chi connectivity index (χ1v) is 0. The smallest absolute Gasteiger partial charge is 1.00 e. The second-order valence-corrected chi connectivity index (χ2v) is 0. The van der Waals surface area contributed by atoms with Crippen LogP contribution < -0.4 is 0 Å². The van der Waals surface area contributed by atoms with Crippen LogP contribution in [-0.2, 0) is 0 Å². The van der Waals surface area contributed by atoms with E-state index in [4.69, 9.17) is 0 Å². The average molecular weight is 81.4 g/mol. The van der Waals surface area contributed by atoms with Gasteiger partial charge in [0.25, 0.3) is 0 Å². The van der Waals surface area contributed by atoms with Crippen molar-refractivity contribution < 1.29 is 20.7 Å². The zero-order valence-electron chi connectivity index (χ0n) is 5.21. The van der Waals surface area contributed by atoms with Gasteiger partial charge in [-0.1, -0.05) is 0 Å². The van der Waals surface area contributed by atoms with Crippen LogP contribution in [0.2, 0.25) is 0 Å². The first-order chi connectivity index (χ1) is 0. The molecule has 6 N–H and O–H groups in total. The minimum Gasteiger partial charge on any atom is -1.00 e. The van der Waals surface area contributed by atoms with Gasteiger partial charge in [-0.25, -0.2) is 0 Å². The van der Waals surface area contributed by atoms with Crippen LogP contribution >= 0.6 is 0 Å². The summed E-state index contributed by atoms with van der Waals surface area (Å²) in [4.78, 5) is 0. The third kappa shape index (κ3) is 17.2. The van der Waals surface area contributed by atoms with Gasteiger partial charge in [0.2, 0.25) is 0 Å². The zero-order valence-corrected chi connectivity index (χ0v) is 3.62. The van der Waals surface area contributed by atoms with E-state index in [2.05, 4.69) is 0 Å². The molecule has 4 heavy (non-hydrogen) atoms. The minimum atomic E-state index is 0. The summed E-state index contributed by atoms with van der Waals surface area (Å²) in [6, 6.07) is 0. The van der Waals surface area contributed by atoms with Crippen LogP contribution in [-0.4, -0.2) is 39.5 Å². The summed E-state index contributed by atoms with van der Waals surface area (Å²) in [5.74, 6) is 0. The molecule has 0 aliphatic carbocycles. The summed E-state index contributed by atoms with van der Waals surface area (Å²) in [6.07, 6.45) is 0. The molecule has 3 nitrogen and oxygen atoms in total. The molecule has 0 aromatic carbocycles. The quantitative estimate of drug-likeness (QED) is 0.288. The molecular weight excluding hydrogens is 72.3 g/mol. The predicted octanol–water partition coefficient (Wildman–Crippen LogP) is -2.52. The maximum Gasteiger partial charge on any atom is 2.00 e. The fourth-order valence-corrected chi connectivity index (χ4v) is 0. The first kappa shape index (κ1) is 148. The Labute approximate surface area is 44.5 Å². The van der Waals surface area contributed by atoms with Crippen LogP contribution in [0, 0.1) is 0 Å².